The van der Waals surface area contributed by atoms with Gasteiger partial charge in [-0.25, -0.2) is 0 Å². The van der Waals surface area contributed by atoms with Gasteiger partial charge in [0.25, 0.3) is 0 Å². The fourth-order valence-corrected chi connectivity index (χ4v) is 3.32. The number of carbonyl (C=O) groups excluding carboxylic acids is 1. The summed E-state index contributed by atoms with van der Waals surface area (Å²) in [5.74, 6) is 2.51. The molecule has 0 aliphatic carbocycles. The van der Waals surface area contributed by atoms with Crippen molar-refractivity contribution < 1.29 is 9.32 Å². The minimum absolute atomic E-state index is 0.122. The van der Waals surface area contributed by atoms with E-state index < -0.39 is 0 Å². The Kier molecular flexibility index (Phi) is 7.21. The molecule has 0 bridgehead atoms. The average Bonchev–Trinajstić information content (AvgIpc) is 2.93. The van der Waals surface area contributed by atoms with Crippen LogP contribution in [0.3, 0.4) is 0 Å². The first-order valence-corrected chi connectivity index (χ1v) is 9.26. The van der Waals surface area contributed by atoms with E-state index in [1.807, 2.05) is 6.92 Å². The molecule has 0 spiro atoms. The van der Waals surface area contributed by atoms with Gasteiger partial charge in [0, 0.05) is 25.4 Å². The fraction of sp³-hybridized carbons (Fsp3) is 0.833. The SMILES string of the molecule is Cc1nc(C2CCCN(CC(=O)NC(C)CCCC(C)C)C2)no1. The van der Waals surface area contributed by atoms with Crippen molar-refractivity contribution in [2.24, 2.45) is 5.92 Å². The molecule has 1 aliphatic heterocycles. The molecule has 6 nitrogen and oxygen atoms in total. The Balaban J connectivity index is 1.73. The lowest BCUT2D eigenvalue weighted by molar-refractivity contribution is -0.123. The predicted octanol–water partition coefficient (Wildman–Crippen LogP) is 2.89. The zero-order valence-corrected chi connectivity index (χ0v) is 15.5. The van der Waals surface area contributed by atoms with Crippen molar-refractivity contribution in [3.8, 4) is 0 Å². The summed E-state index contributed by atoms with van der Waals surface area (Å²) in [6, 6.07) is 0.247. The maximum Gasteiger partial charge on any atom is 0.234 e. The number of aryl methyl sites for hydroxylation is 1. The van der Waals surface area contributed by atoms with E-state index in [2.05, 4.69) is 41.1 Å². The van der Waals surface area contributed by atoms with Crippen LogP contribution in [0.2, 0.25) is 0 Å². The van der Waals surface area contributed by atoms with E-state index in [9.17, 15) is 4.79 Å². The van der Waals surface area contributed by atoms with Gasteiger partial charge < -0.3 is 9.84 Å². The molecular formula is C18H32N4O2. The number of nitrogens with one attached hydrogen (secondary N) is 1. The quantitative estimate of drug-likeness (QED) is 0.790. The fourth-order valence-electron chi connectivity index (χ4n) is 3.32. The number of hydrogen-bond donors (Lipinski definition) is 1. The minimum Gasteiger partial charge on any atom is -0.353 e. The van der Waals surface area contributed by atoms with Gasteiger partial charge in [0.15, 0.2) is 5.82 Å². The number of piperidine rings is 1. The second-order valence-corrected chi connectivity index (χ2v) is 7.54. The van der Waals surface area contributed by atoms with Crippen LogP contribution >= 0.6 is 0 Å². The van der Waals surface area contributed by atoms with Gasteiger partial charge in [0.1, 0.15) is 0 Å². The normalized spacial score (nSPS) is 20.3. The highest BCUT2D eigenvalue weighted by Crippen LogP contribution is 2.24. The topological polar surface area (TPSA) is 71.3 Å². The molecule has 136 valence electrons. The molecular weight excluding hydrogens is 304 g/mol. The Labute approximate surface area is 145 Å². The lowest BCUT2D eigenvalue weighted by Gasteiger charge is -2.31. The molecule has 1 fully saturated rings. The first-order chi connectivity index (χ1) is 11.4. The maximum atomic E-state index is 12.3. The van der Waals surface area contributed by atoms with Crippen molar-refractivity contribution in [2.75, 3.05) is 19.6 Å². The Hall–Kier alpha value is -1.43. The van der Waals surface area contributed by atoms with Crippen molar-refractivity contribution in [3.63, 3.8) is 0 Å². The van der Waals surface area contributed by atoms with Crippen molar-refractivity contribution in [2.45, 2.75) is 71.8 Å². The number of rotatable bonds is 8. The summed E-state index contributed by atoms with van der Waals surface area (Å²) in [7, 11) is 0. The maximum absolute atomic E-state index is 12.3. The Morgan fingerprint density at radius 2 is 2.17 bits per heavy atom. The van der Waals surface area contributed by atoms with E-state index >= 15 is 0 Å². The highest BCUT2D eigenvalue weighted by atomic mass is 16.5. The molecule has 1 aromatic heterocycles. The number of amides is 1. The summed E-state index contributed by atoms with van der Waals surface area (Å²) < 4.78 is 5.08. The lowest BCUT2D eigenvalue weighted by Crippen LogP contribution is -2.44. The summed E-state index contributed by atoms with van der Waals surface area (Å²) in [6.07, 6.45) is 5.56. The van der Waals surface area contributed by atoms with E-state index in [-0.39, 0.29) is 17.9 Å². The Morgan fingerprint density at radius 3 is 2.83 bits per heavy atom. The van der Waals surface area contributed by atoms with Crippen molar-refractivity contribution >= 4 is 5.91 Å². The van der Waals surface area contributed by atoms with Crippen LogP contribution in [0.4, 0.5) is 0 Å². The molecule has 2 atom stereocenters. The molecule has 2 unspecified atom stereocenters. The van der Waals surface area contributed by atoms with Crippen molar-refractivity contribution in [1.82, 2.24) is 20.4 Å². The second kappa shape index (κ2) is 9.16. The first-order valence-electron chi connectivity index (χ1n) is 9.26. The highest BCUT2D eigenvalue weighted by molar-refractivity contribution is 5.78. The molecule has 0 radical (unpaired) electrons. The molecule has 1 saturated heterocycles. The zero-order chi connectivity index (χ0) is 17.5. The summed E-state index contributed by atoms with van der Waals surface area (Å²) >= 11 is 0. The number of likely N-dealkylation sites (tertiary alicyclic amines) is 1. The van der Waals surface area contributed by atoms with Gasteiger partial charge in [-0.15, -0.1) is 0 Å². The number of nitrogens with zero attached hydrogens (tertiary/aromatic N) is 3. The van der Waals surface area contributed by atoms with E-state index in [0.717, 1.165) is 44.1 Å². The predicted molar refractivity (Wildman–Crippen MR) is 93.7 cm³/mol. The number of carbonyl (C=O) groups is 1. The van der Waals surface area contributed by atoms with Crippen LogP contribution < -0.4 is 5.32 Å². The summed E-state index contributed by atoms with van der Waals surface area (Å²) in [5, 5.41) is 7.17. The molecule has 0 saturated carbocycles. The van der Waals surface area contributed by atoms with Gasteiger partial charge in [0.2, 0.25) is 11.8 Å². The molecule has 1 aliphatic rings. The number of hydrogen-bond acceptors (Lipinski definition) is 5. The van der Waals surface area contributed by atoms with Gasteiger partial charge in [-0.2, -0.15) is 4.98 Å². The molecule has 24 heavy (non-hydrogen) atoms. The van der Waals surface area contributed by atoms with E-state index in [1.165, 1.54) is 12.8 Å². The monoisotopic (exact) mass is 336 g/mol. The van der Waals surface area contributed by atoms with Crippen LogP contribution in [-0.2, 0) is 4.79 Å². The molecule has 2 rings (SSSR count). The van der Waals surface area contributed by atoms with Crippen LogP contribution in [-0.4, -0.2) is 46.6 Å². The molecule has 6 heteroatoms. The van der Waals surface area contributed by atoms with E-state index in [4.69, 9.17) is 4.52 Å². The average molecular weight is 336 g/mol. The van der Waals surface area contributed by atoms with Crippen LogP contribution in [0.15, 0.2) is 4.52 Å². The van der Waals surface area contributed by atoms with Crippen molar-refractivity contribution in [3.05, 3.63) is 11.7 Å². The molecule has 1 aromatic rings. The van der Waals surface area contributed by atoms with Crippen LogP contribution in [0.5, 0.6) is 0 Å². The van der Waals surface area contributed by atoms with Gasteiger partial charge in [-0.1, -0.05) is 31.8 Å². The third-order valence-corrected chi connectivity index (χ3v) is 4.61. The molecule has 2 heterocycles. The van der Waals surface area contributed by atoms with Gasteiger partial charge >= 0.3 is 0 Å². The second-order valence-electron chi connectivity index (χ2n) is 7.54. The summed E-state index contributed by atoms with van der Waals surface area (Å²) in [4.78, 5) is 18.8. The van der Waals surface area contributed by atoms with Crippen molar-refractivity contribution in [1.29, 1.82) is 0 Å². The minimum atomic E-state index is 0.122. The summed E-state index contributed by atoms with van der Waals surface area (Å²) in [6.45, 7) is 10.6. The van der Waals surface area contributed by atoms with Crippen LogP contribution in [0.25, 0.3) is 0 Å². The zero-order valence-electron chi connectivity index (χ0n) is 15.5. The Bertz CT molecular complexity index is 515. The Morgan fingerprint density at radius 1 is 1.38 bits per heavy atom. The van der Waals surface area contributed by atoms with Crippen LogP contribution in [0.1, 0.15) is 70.5 Å². The van der Waals surface area contributed by atoms with Gasteiger partial charge in [-0.3, -0.25) is 9.69 Å². The largest absolute Gasteiger partial charge is 0.353 e. The standard InChI is InChI=1S/C18H32N4O2/c1-13(2)7-5-8-14(3)19-17(23)12-22-10-6-9-16(11-22)18-20-15(4)24-21-18/h13-14,16H,5-12H2,1-4H3,(H,19,23). The molecule has 0 aromatic carbocycles. The summed E-state index contributed by atoms with van der Waals surface area (Å²) in [5.41, 5.74) is 0. The van der Waals surface area contributed by atoms with E-state index in [1.54, 1.807) is 0 Å². The molecule has 1 amide bonds. The highest BCUT2D eigenvalue weighted by Gasteiger charge is 2.26. The van der Waals surface area contributed by atoms with E-state index in [0.29, 0.717) is 12.4 Å². The van der Waals surface area contributed by atoms with Gasteiger partial charge in [-0.05, 0) is 38.6 Å². The third-order valence-electron chi connectivity index (χ3n) is 4.61. The number of aromatic nitrogens is 2. The van der Waals surface area contributed by atoms with Gasteiger partial charge in [0.05, 0.1) is 6.54 Å². The van der Waals surface area contributed by atoms with Crippen LogP contribution in [0, 0.1) is 12.8 Å². The lowest BCUT2D eigenvalue weighted by atomic mass is 9.97. The smallest absolute Gasteiger partial charge is 0.234 e. The third kappa shape index (κ3) is 6.23. The molecule has 1 N–H and O–H groups in total. The first kappa shape index (κ1) is 18.9.